The summed E-state index contributed by atoms with van der Waals surface area (Å²) in [6.07, 6.45) is 13.0. The second-order valence-electron chi connectivity index (χ2n) is 6.40. The van der Waals surface area contributed by atoms with Gasteiger partial charge in [-0.25, -0.2) is 0 Å². The molecule has 0 radical (unpaired) electrons. The van der Waals surface area contributed by atoms with Gasteiger partial charge in [0.15, 0.2) is 5.78 Å². The number of carbonyl (C=O) groups excluding carboxylic acids is 1. The number of ketones is 1. The molecule has 2 heterocycles. The van der Waals surface area contributed by atoms with Gasteiger partial charge in [-0.3, -0.25) is 9.59 Å². The van der Waals surface area contributed by atoms with Crippen LogP contribution in [0.1, 0.15) is 49.6 Å². The first-order chi connectivity index (χ1) is 13.0. The van der Waals surface area contributed by atoms with E-state index in [1.165, 1.54) is 53.7 Å². The summed E-state index contributed by atoms with van der Waals surface area (Å²) in [5.74, 6) is 0.0194. The number of carbonyl (C=O) groups is 1. The van der Waals surface area contributed by atoms with Crippen LogP contribution in [0.4, 0.5) is 5.82 Å². The highest BCUT2D eigenvalue weighted by atomic mass is 79.9. The van der Waals surface area contributed by atoms with E-state index in [0.29, 0.717) is 10.5 Å². The lowest BCUT2D eigenvalue weighted by Gasteiger charge is -2.05. The molecule has 0 saturated heterocycles. The molecule has 0 aliphatic heterocycles. The molecule has 3 rings (SSSR count). The van der Waals surface area contributed by atoms with E-state index in [9.17, 15) is 9.59 Å². The van der Waals surface area contributed by atoms with Crippen molar-refractivity contribution >= 4 is 49.9 Å². The molecule has 2 aromatic heterocycles. The third-order valence-electron chi connectivity index (χ3n) is 4.30. The van der Waals surface area contributed by atoms with Gasteiger partial charge in [-0.15, -0.1) is 0 Å². The van der Waals surface area contributed by atoms with Crippen LogP contribution in [0.15, 0.2) is 33.1 Å². The minimum atomic E-state index is -0.454. The first-order valence-electron chi connectivity index (χ1n) is 8.99. The number of halogens is 1. The normalized spacial score (nSPS) is 15.7. The van der Waals surface area contributed by atoms with E-state index in [1.54, 1.807) is 12.2 Å². The number of nitrogens with zero attached hydrogens (tertiary/aromatic N) is 3. The first kappa shape index (κ1) is 19.7. The minimum Gasteiger partial charge on any atom is -0.383 e. The molecule has 8 heteroatoms. The molecular formula is C19H21BrN4O2S. The molecule has 0 saturated carbocycles. The fourth-order valence-corrected chi connectivity index (χ4v) is 4.14. The number of anilines is 1. The monoisotopic (exact) mass is 448 g/mol. The summed E-state index contributed by atoms with van der Waals surface area (Å²) in [6.45, 7) is 2.19. The Labute approximate surface area is 169 Å². The van der Waals surface area contributed by atoms with E-state index in [-0.39, 0.29) is 17.2 Å². The molecular weight excluding hydrogens is 428 g/mol. The highest BCUT2D eigenvalue weighted by molar-refractivity contribution is 9.11. The van der Waals surface area contributed by atoms with Crippen molar-refractivity contribution in [2.24, 2.45) is 0 Å². The highest BCUT2D eigenvalue weighted by Gasteiger charge is 2.16. The van der Waals surface area contributed by atoms with Crippen LogP contribution in [-0.4, -0.2) is 20.4 Å². The summed E-state index contributed by atoms with van der Waals surface area (Å²) in [6, 6.07) is 0. The van der Waals surface area contributed by atoms with Crippen LogP contribution in [0.5, 0.6) is 0 Å². The van der Waals surface area contributed by atoms with E-state index in [0.717, 1.165) is 22.3 Å². The molecule has 0 amide bonds. The van der Waals surface area contributed by atoms with Crippen LogP contribution in [-0.2, 0) is 11.2 Å². The second-order valence-corrected chi connectivity index (χ2v) is 8.35. The topological polar surface area (TPSA) is 90.4 Å². The van der Waals surface area contributed by atoms with Gasteiger partial charge < -0.3 is 5.73 Å². The second kappa shape index (κ2) is 8.75. The number of nitrogens with two attached hydrogens (primary N) is 1. The fraction of sp³-hybridized carbons (Fsp3) is 0.368. The molecule has 0 fully saturated rings. The molecule has 1 aliphatic carbocycles. The number of allylic oxidation sites excluding steroid dienone is 5. The number of rotatable bonds is 7. The zero-order chi connectivity index (χ0) is 19.4. The summed E-state index contributed by atoms with van der Waals surface area (Å²) < 4.78 is 2.25. The lowest BCUT2D eigenvalue weighted by Crippen LogP contribution is -2.17. The molecule has 0 atom stereocenters. The van der Waals surface area contributed by atoms with Crippen molar-refractivity contribution in [1.29, 1.82) is 0 Å². The number of aromatic nitrogens is 3. The number of aryl methyl sites for hydroxylation is 1. The van der Waals surface area contributed by atoms with Crippen molar-refractivity contribution in [3.63, 3.8) is 0 Å². The van der Waals surface area contributed by atoms with Gasteiger partial charge in [0.1, 0.15) is 10.8 Å². The first-order valence-corrected chi connectivity index (χ1v) is 10.6. The molecule has 0 unspecified atom stereocenters. The fourth-order valence-electron chi connectivity index (χ4n) is 2.83. The van der Waals surface area contributed by atoms with Gasteiger partial charge in [-0.05, 0) is 30.7 Å². The molecule has 2 N–H and O–H groups in total. The van der Waals surface area contributed by atoms with E-state index >= 15 is 0 Å². The van der Waals surface area contributed by atoms with Crippen LogP contribution >= 0.6 is 27.3 Å². The van der Waals surface area contributed by atoms with Crippen molar-refractivity contribution in [3.8, 4) is 0 Å². The molecule has 0 aromatic carbocycles. The summed E-state index contributed by atoms with van der Waals surface area (Å²) in [5.41, 5.74) is 6.29. The Morgan fingerprint density at radius 2 is 2.00 bits per heavy atom. The summed E-state index contributed by atoms with van der Waals surface area (Å²) >= 11 is 4.72. The van der Waals surface area contributed by atoms with Crippen LogP contribution in [0.25, 0.3) is 11.0 Å². The van der Waals surface area contributed by atoms with Gasteiger partial charge in [-0.1, -0.05) is 59.9 Å². The van der Waals surface area contributed by atoms with Crippen molar-refractivity contribution in [3.05, 3.63) is 49.2 Å². The number of unbranched alkanes of at least 4 members (excludes halogenated alkanes) is 4. The third-order valence-corrected chi connectivity index (χ3v) is 5.76. The van der Waals surface area contributed by atoms with E-state index in [4.69, 9.17) is 5.73 Å². The van der Waals surface area contributed by atoms with E-state index in [2.05, 4.69) is 32.9 Å². The standard InChI is InChI=1S/C19H21BrN4O2S/c1-2-3-4-5-6-7-16-23-24-17(21)14(18(26)22-19(24)27-16)11-12-10-13(20)8-9-15(12)25/h8-11H,2-7,21H2,1H3. The predicted octanol–water partition coefficient (Wildman–Crippen LogP) is 4.05. The maximum Gasteiger partial charge on any atom is 0.283 e. The van der Waals surface area contributed by atoms with Crippen molar-refractivity contribution in [1.82, 2.24) is 14.6 Å². The molecule has 27 heavy (non-hydrogen) atoms. The quantitative estimate of drug-likeness (QED) is 0.509. The zero-order valence-electron chi connectivity index (χ0n) is 15.1. The Hall–Kier alpha value is -2.06. The summed E-state index contributed by atoms with van der Waals surface area (Å²) in [5, 5.41) is 5.43. The number of hydrogen-bond acceptors (Lipinski definition) is 6. The molecule has 1 aliphatic rings. The largest absolute Gasteiger partial charge is 0.383 e. The Morgan fingerprint density at radius 3 is 2.78 bits per heavy atom. The Balaban J connectivity index is 1.89. The van der Waals surface area contributed by atoms with Crippen LogP contribution in [0.3, 0.4) is 0 Å². The van der Waals surface area contributed by atoms with Gasteiger partial charge in [0, 0.05) is 16.5 Å². The number of nitrogen functional groups attached to an aromatic ring is 1. The summed E-state index contributed by atoms with van der Waals surface area (Å²) in [4.78, 5) is 29.0. The highest BCUT2D eigenvalue weighted by Crippen LogP contribution is 2.23. The average Bonchev–Trinajstić information content (AvgIpc) is 3.04. The van der Waals surface area contributed by atoms with Gasteiger partial charge >= 0.3 is 0 Å². The Bertz CT molecular complexity index is 1020. The molecule has 2 aromatic rings. The van der Waals surface area contributed by atoms with Gasteiger partial charge in [0.2, 0.25) is 4.96 Å². The predicted molar refractivity (Wildman–Crippen MR) is 113 cm³/mol. The minimum absolute atomic E-state index is 0.183. The average molecular weight is 449 g/mol. The lowest BCUT2D eigenvalue weighted by atomic mass is 10.0. The van der Waals surface area contributed by atoms with Crippen LogP contribution < -0.4 is 11.3 Å². The number of fused-ring (bicyclic) bond motifs is 1. The Morgan fingerprint density at radius 1 is 1.22 bits per heavy atom. The maximum absolute atomic E-state index is 12.4. The number of hydrogen-bond donors (Lipinski definition) is 1. The molecule has 6 nitrogen and oxygen atoms in total. The van der Waals surface area contributed by atoms with Crippen molar-refractivity contribution in [2.45, 2.75) is 45.4 Å². The zero-order valence-corrected chi connectivity index (χ0v) is 17.5. The molecule has 0 spiro atoms. The van der Waals surface area contributed by atoms with Crippen LogP contribution in [0, 0.1) is 0 Å². The van der Waals surface area contributed by atoms with E-state index < -0.39 is 5.56 Å². The van der Waals surface area contributed by atoms with Gasteiger partial charge in [-0.2, -0.15) is 14.6 Å². The molecule has 142 valence electrons. The third kappa shape index (κ3) is 4.62. The van der Waals surface area contributed by atoms with Gasteiger partial charge in [0.05, 0.1) is 5.56 Å². The SMILES string of the molecule is CCCCCCCc1nn2c(N)c(C=C3C=C(Br)C=CC3=O)c(=O)nc2s1. The Kier molecular flexibility index (Phi) is 6.38. The lowest BCUT2D eigenvalue weighted by molar-refractivity contribution is -0.111. The molecule has 0 bridgehead atoms. The van der Waals surface area contributed by atoms with E-state index in [1.807, 2.05) is 0 Å². The summed E-state index contributed by atoms with van der Waals surface area (Å²) in [7, 11) is 0. The smallest absolute Gasteiger partial charge is 0.283 e. The van der Waals surface area contributed by atoms with Crippen molar-refractivity contribution in [2.75, 3.05) is 5.73 Å². The van der Waals surface area contributed by atoms with Crippen molar-refractivity contribution < 1.29 is 4.79 Å². The van der Waals surface area contributed by atoms with Crippen LogP contribution in [0.2, 0.25) is 0 Å². The maximum atomic E-state index is 12.4. The van der Waals surface area contributed by atoms with Gasteiger partial charge in [0.25, 0.3) is 5.56 Å².